The molecule has 2 rings (SSSR count). The smallest absolute Gasteiger partial charge is 0.198 e. The van der Waals surface area contributed by atoms with Gasteiger partial charge in [-0.1, -0.05) is 17.7 Å². The van der Waals surface area contributed by atoms with Crippen LogP contribution in [0.4, 0.5) is 0 Å². The molecule has 1 aromatic heterocycles. The summed E-state index contributed by atoms with van der Waals surface area (Å²) in [6.07, 6.45) is 2.69. The molecule has 0 saturated heterocycles. The Labute approximate surface area is 93.7 Å². The molecule has 2 aromatic rings. The molecule has 0 fully saturated rings. The molecule has 0 aliphatic rings. The van der Waals surface area contributed by atoms with Gasteiger partial charge in [-0.3, -0.25) is 0 Å². The summed E-state index contributed by atoms with van der Waals surface area (Å²) in [5.74, 6) is -0.184. The minimum atomic E-state index is -3.34. The zero-order chi connectivity index (χ0) is 11.6. The molecule has 0 amide bonds. The van der Waals surface area contributed by atoms with Crippen LogP contribution in [0.5, 0.6) is 0 Å². The van der Waals surface area contributed by atoms with Gasteiger partial charge in [-0.05, 0) is 19.1 Å². The topological polar surface area (TPSA) is 64.8 Å². The van der Waals surface area contributed by atoms with Gasteiger partial charge in [-0.25, -0.2) is 18.1 Å². The number of nitrogens with zero attached hydrogens (tertiary/aromatic N) is 3. The molecule has 0 aliphatic carbocycles. The van der Waals surface area contributed by atoms with E-state index in [1.54, 1.807) is 24.3 Å². The molecule has 0 aliphatic heterocycles. The fourth-order valence-electron chi connectivity index (χ4n) is 1.29. The van der Waals surface area contributed by atoms with Crippen molar-refractivity contribution in [3.8, 4) is 0 Å². The third-order valence-corrected chi connectivity index (χ3v) is 3.74. The van der Waals surface area contributed by atoms with Crippen LogP contribution < -0.4 is 0 Å². The van der Waals surface area contributed by atoms with Gasteiger partial charge in [-0.2, -0.15) is 5.10 Å². The molecular formula is C10H11N3O2S. The van der Waals surface area contributed by atoms with E-state index >= 15 is 0 Å². The van der Waals surface area contributed by atoms with Crippen LogP contribution in [-0.4, -0.2) is 23.2 Å². The van der Waals surface area contributed by atoms with E-state index in [-0.39, 0.29) is 5.88 Å². The minimum Gasteiger partial charge on any atom is -0.237 e. The standard InChI is InChI=1S/C10H11N3O2S/c1-9-2-4-10(5-3-9)16(14,15)8-13-7-11-6-12-13/h2-7H,8H2,1H3. The molecule has 5 nitrogen and oxygen atoms in total. The number of sulfone groups is 1. The van der Waals surface area contributed by atoms with Gasteiger partial charge in [0.05, 0.1) is 4.90 Å². The molecule has 0 spiro atoms. The molecule has 6 heteroatoms. The van der Waals surface area contributed by atoms with Gasteiger partial charge in [0.2, 0.25) is 0 Å². The summed E-state index contributed by atoms with van der Waals surface area (Å²) in [5.41, 5.74) is 1.03. The number of rotatable bonds is 3. The van der Waals surface area contributed by atoms with Crippen LogP contribution in [0.3, 0.4) is 0 Å². The van der Waals surface area contributed by atoms with Crippen molar-refractivity contribution >= 4 is 9.84 Å². The zero-order valence-electron chi connectivity index (χ0n) is 8.74. The summed E-state index contributed by atoms with van der Waals surface area (Å²) in [7, 11) is -3.34. The van der Waals surface area contributed by atoms with E-state index in [4.69, 9.17) is 0 Å². The molecule has 0 N–H and O–H groups in total. The highest BCUT2D eigenvalue weighted by Gasteiger charge is 2.14. The molecule has 0 radical (unpaired) electrons. The first-order valence-corrected chi connectivity index (χ1v) is 6.35. The highest BCUT2D eigenvalue weighted by molar-refractivity contribution is 7.90. The Morgan fingerprint density at radius 2 is 1.94 bits per heavy atom. The van der Waals surface area contributed by atoms with E-state index in [1.807, 2.05) is 6.92 Å². The second-order valence-corrected chi connectivity index (χ2v) is 5.45. The molecule has 0 bridgehead atoms. The van der Waals surface area contributed by atoms with Crippen molar-refractivity contribution in [2.45, 2.75) is 17.7 Å². The maximum absolute atomic E-state index is 11.9. The lowest BCUT2D eigenvalue weighted by molar-refractivity contribution is 0.575. The van der Waals surface area contributed by atoms with Crippen molar-refractivity contribution in [1.29, 1.82) is 0 Å². The van der Waals surface area contributed by atoms with Crippen molar-refractivity contribution in [3.05, 3.63) is 42.5 Å². The van der Waals surface area contributed by atoms with Gasteiger partial charge in [0.25, 0.3) is 0 Å². The number of hydrogen-bond acceptors (Lipinski definition) is 4. The maximum atomic E-state index is 11.9. The molecule has 0 unspecified atom stereocenters. The predicted octanol–water partition coefficient (Wildman–Crippen LogP) is 1.02. The third kappa shape index (κ3) is 2.27. The molecule has 0 saturated carbocycles. The first kappa shape index (κ1) is 10.8. The Morgan fingerprint density at radius 1 is 1.25 bits per heavy atom. The average molecular weight is 237 g/mol. The minimum absolute atomic E-state index is 0.184. The predicted molar refractivity (Wildman–Crippen MR) is 58.4 cm³/mol. The average Bonchev–Trinajstić information content (AvgIpc) is 2.70. The van der Waals surface area contributed by atoms with Crippen molar-refractivity contribution in [1.82, 2.24) is 14.8 Å². The van der Waals surface area contributed by atoms with E-state index in [0.29, 0.717) is 4.90 Å². The first-order chi connectivity index (χ1) is 7.58. The van der Waals surface area contributed by atoms with Crippen LogP contribution >= 0.6 is 0 Å². The van der Waals surface area contributed by atoms with Crippen molar-refractivity contribution in [2.24, 2.45) is 0 Å². The quantitative estimate of drug-likeness (QED) is 0.799. The molecule has 84 valence electrons. The van der Waals surface area contributed by atoms with Gasteiger partial charge in [0.1, 0.15) is 18.5 Å². The largest absolute Gasteiger partial charge is 0.237 e. The molecule has 16 heavy (non-hydrogen) atoms. The summed E-state index contributed by atoms with van der Waals surface area (Å²) in [4.78, 5) is 4.00. The third-order valence-electron chi connectivity index (χ3n) is 2.15. The zero-order valence-corrected chi connectivity index (χ0v) is 9.55. The number of benzene rings is 1. The van der Waals surface area contributed by atoms with Gasteiger partial charge < -0.3 is 0 Å². The van der Waals surface area contributed by atoms with Gasteiger partial charge in [0.15, 0.2) is 9.84 Å². The molecular weight excluding hydrogens is 226 g/mol. The van der Waals surface area contributed by atoms with Crippen LogP contribution in [0.2, 0.25) is 0 Å². The van der Waals surface area contributed by atoms with Crippen molar-refractivity contribution in [3.63, 3.8) is 0 Å². The lowest BCUT2D eigenvalue weighted by Gasteiger charge is -2.04. The summed E-state index contributed by atoms with van der Waals surface area (Å²) < 4.78 is 25.1. The summed E-state index contributed by atoms with van der Waals surface area (Å²) in [6, 6.07) is 6.74. The van der Waals surface area contributed by atoms with E-state index in [1.165, 1.54) is 17.3 Å². The van der Waals surface area contributed by atoms with Crippen LogP contribution in [0.15, 0.2) is 41.8 Å². The highest BCUT2D eigenvalue weighted by Crippen LogP contribution is 2.13. The molecule has 1 heterocycles. The van der Waals surface area contributed by atoms with Gasteiger partial charge in [0, 0.05) is 0 Å². The van der Waals surface area contributed by atoms with Crippen molar-refractivity contribution < 1.29 is 8.42 Å². The summed E-state index contributed by atoms with van der Waals surface area (Å²) >= 11 is 0. The molecule has 0 atom stereocenters. The fourth-order valence-corrected chi connectivity index (χ4v) is 2.48. The highest BCUT2D eigenvalue weighted by atomic mass is 32.2. The second-order valence-electron chi connectivity index (χ2n) is 3.49. The monoisotopic (exact) mass is 237 g/mol. The first-order valence-electron chi connectivity index (χ1n) is 4.70. The van der Waals surface area contributed by atoms with E-state index < -0.39 is 9.84 Å². The van der Waals surface area contributed by atoms with E-state index in [2.05, 4.69) is 10.1 Å². The maximum Gasteiger partial charge on any atom is 0.198 e. The SMILES string of the molecule is Cc1ccc(S(=O)(=O)Cn2cncn2)cc1. The summed E-state index contributed by atoms with van der Waals surface area (Å²) in [5, 5.41) is 3.77. The Hall–Kier alpha value is -1.69. The van der Waals surface area contributed by atoms with Crippen molar-refractivity contribution in [2.75, 3.05) is 0 Å². The lowest BCUT2D eigenvalue weighted by Crippen LogP contribution is -2.11. The van der Waals surface area contributed by atoms with Gasteiger partial charge >= 0.3 is 0 Å². The number of aromatic nitrogens is 3. The fraction of sp³-hybridized carbons (Fsp3) is 0.200. The Morgan fingerprint density at radius 3 is 2.50 bits per heavy atom. The second kappa shape index (κ2) is 4.05. The Kier molecular flexibility index (Phi) is 2.74. The summed E-state index contributed by atoms with van der Waals surface area (Å²) in [6.45, 7) is 1.91. The van der Waals surface area contributed by atoms with Crippen LogP contribution in [0.25, 0.3) is 0 Å². The van der Waals surface area contributed by atoms with E-state index in [9.17, 15) is 8.42 Å². The normalized spacial score (nSPS) is 11.6. The number of aryl methyl sites for hydroxylation is 1. The lowest BCUT2D eigenvalue weighted by atomic mass is 10.2. The Bertz CT molecular complexity index is 559. The van der Waals surface area contributed by atoms with Crippen LogP contribution in [0, 0.1) is 6.92 Å². The van der Waals surface area contributed by atoms with E-state index in [0.717, 1.165) is 5.56 Å². The van der Waals surface area contributed by atoms with Crippen LogP contribution in [-0.2, 0) is 15.7 Å². The Balaban J connectivity index is 2.29. The van der Waals surface area contributed by atoms with Crippen LogP contribution in [0.1, 0.15) is 5.56 Å². The van der Waals surface area contributed by atoms with Gasteiger partial charge in [-0.15, -0.1) is 0 Å². The molecule has 1 aromatic carbocycles. The number of hydrogen-bond donors (Lipinski definition) is 0.